The molecule has 1 N–H and O–H groups in total. The summed E-state index contributed by atoms with van der Waals surface area (Å²) < 4.78 is 18.7. The lowest BCUT2D eigenvalue weighted by Gasteiger charge is -2.16. The SMILES string of the molecule is Cc1ccc2[nH]c(-c3nc(CCN(C)C(=O)c4cccc(F)c4)no3)cc2c1. The number of hydrogen-bond acceptors (Lipinski definition) is 4. The summed E-state index contributed by atoms with van der Waals surface area (Å²) in [5.41, 5.74) is 3.24. The van der Waals surface area contributed by atoms with Crippen molar-refractivity contribution in [2.24, 2.45) is 0 Å². The fraction of sp³-hybridized carbons (Fsp3) is 0.190. The number of fused-ring (bicyclic) bond motifs is 1. The lowest BCUT2D eigenvalue weighted by atomic mass is 10.2. The fourth-order valence-electron chi connectivity index (χ4n) is 3.04. The minimum atomic E-state index is -0.435. The molecule has 0 spiro atoms. The Hall–Kier alpha value is -3.48. The van der Waals surface area contributed by atoms with E-state index in [1.54, 1.807) is 13.1 Å². The van der Waals surface area contributed by atoms with Crippen LogP contribution in [-0.4, -0.2) is 39.5 Å². The third-order valence-corrected chi connectivity index (χ3v) is 4.56. The van der Waals surface area contributed by atoms with Gasteiger partial charge in [0.1, 0.15) is 11.5 Å². The van der Waals surface area contributed by atoms with Crippen LogP contribution in [0.25, 0.3) is 22.5 Å². The first-order valence-corrected chi connectivity index (χ1v) is 8.93. The lowest BCUT2D eigenvalue weighted by Crippen LogP contribution is -2.29. The van der Waals surface area contributed by atoms with Gasteiger partial charge in [-0.15, -0.1) is 0 Å². The van der Waals surface area contributed by atoms with Gasteiger partial charge in [0.2, 0.25) is 0 Å². The highest BCUT2D eigenvalue weighted by molar-refractivity contribution is 5.94. The first kappa shape index (κ1) is 17.9. The molecule has 2 heterocycles. The Kier molecular flexibility index (Phi) is 4.65. The van der Waals surface area contributed by atoms with Gasteiger partial charge in [-0.05, 0) is 43.3 Å². The van der Waals surface area contributed by atoms with E-state index in [4.69, 9.17) is 4.52 Å². The number of carbonyl (C=O) groups excluding carboxylic acids is 1. The zero-order valence-corrected chi connectivity index (χ0v) is 15.6. The molecule has 6 nitrogen and oxygen atoms in total. The van der Waals surface area contributed by atoms with E-state index in [0.29, 0.717) is 30.2 Å². The number of likely N-dealkylation sites (N-methyl/N-ethyl adjacent to an activating group) is 1. The number of hydrogen-bond donors (Lipinski definition) is 1. The molecule has 1 amide bonds. The Morgan fingerprint density at radius 3 is 2.89 bits per heavy atom. The highest BCUT2D eigenvalue weighted by Crippen LogP contribution is 2.23. The Balaban J connectivity index is 1.43. The molecule has 2 aromatic carbocycles. The zero-order chi connectivity index (χ0) is 19.7. The topological polar surface area (TPSA) is 75.0 Å². The number of nitrogens with one attached hydrogen (secondary N) is 1. The summed E-state index contributed by atoms with van der Waals surface area (Å²) >= 11 is 0. The molecule has 4 rings (SSSR count). The van der Waals surface area contributed by atoms with Gasteiger partial charge in [-0.25, -0.2) is 4.39 Å². The van der Waals surface area contributed by atoms with Crippen LogP contribution < -0.4 is 0 Å². The van der Waals surface area contributed by atoms with E-state index < -0.39 is 5.82 Å². The molecule has 0 atom stereocenters. The summed E-state index contributed by atoms with van der Waals surface area (Å²) in [6, 6.07) is 13.7. The number of amides is 1. The minimum Gasteiger partial charge on any atom is -0.351 e. The van der Waals surface area contributed by atoms with Crippen LogP contribution in [0.1, 0.15) is 21.7 Å². The highest BCUT2D eigenvalue weighted by atomic mass is 19.1. The van der Waals surface area contributed by atoms with Gasteiger partial charge >= 0.3 is 0 Å². The number of H-pyrrole nitrogens is 1. The molecule has 0 aliphatic heterocycles. The van der Waals surface area contributed by atoms with Crippen molar-refractivity contribution in [3.05, 3.63) is 71.3 Å². The first-order valence-electron chi connectivity index (χ1n) is 8.93. The standard InChI is InChI=1S/C21H19FN4O2/c1-13-6-7-17-15(10-13)12-18(23-17)20-24-19(25-28-20)8-9-26(2)21(27)14-4-3-5-16(22)11-14/h3-7,10-12,23H,8-9H2,1-2H3. The van der Waals surface area contributed by atoms with Crippen molar-refractivity contribution < 1.29 is 13.7 Å². The predicted octanol–water partition coefficient (Wildman–Crippen LogP) is 3.98. The van der Waals surface area contributed by atoms with Crippen LogP contribution in [0, 0.1) is 12.7 Å². The summed E-state index contributed by atoms with van der Waals surface area (Å²) in [6.07, 6.45) is 0.431. The van der Waals surface area contributed by atoms with Crippen molar-refractivity contribution in [2.45, 2.75) is 13.3 Å². The summed E-state index contributed by atoms with van der Waals surface area (Å²) in [4.78, 5) is 21.5. The zero-order valence-electron chi connectivity index (χ0n) is 15.6. The second-order valence-corrected chi connectivity index (χ2v) is 6.78. The summed E-state index contributed by atoms with van der Waals surface area (Å²) in [5.74, 6) is 0.219. The smallest absolute Gasteiger partial charge is 0.274 e. The van der Waals surface area contributed by atoms with Crippen LogP contribution in [0.15, 0.2) is 53.1 Å². The average molecular weight is 378 g/mol. The third-order valence-electron chi connectivity index (χ3n) is 4.56. The second-order valence-electron chi connectivity index (χ2n) is 6.78. The van der Waals surface area contributed by atoms with Gasteiger partial charge in [-0.3, -0.25) is 4.79 Å². The molecular weight excluding hydrogens is 359 g/mol. The molecule has 4 aromatic rings. The second kappa shape index (κ2) is 7.26. The molecule has 0 radical (unpaired) electrons. The van der Waals surface area contributed by atoms with Gasteiger partial charge in [0.15, 0.2) is 5.82 Å². The lowest BCUT2D eigenvalue weighted by molar-refractivity contribution is 0.0795. The van der Waals surface area contributed by atoms with Crippen LogP contribution in [0.2, 0.25) is 0 Å². The van der Waals surface area contributed by atoms with Crippen LogP contribution >= 0.6 is 0 Å². The van der Waals surface area contributed by atoms with Crippen molar-refractivity contribution in [1.82, 2.24) is 20.0 Å². The number of rotatable bonds is 5. The molecule has 0 aliphatic carbocycles. The average Bonchev–Trinajstić information content (AvgIpc) is 3.31. The number of aromatic amines is 1. The van der Waals surface area contributed by atoms with Gasteiger partial charge in [0.05, 0.1) is 0 Å². The molecule has 0 unspecified atom stereocenters. The maximum atomic E-state index is 13.3. The third kappa shape index (κ3) is 3.64. The van der Waals surface area contributed by atoms with E-state index in [-0.39, 0.29) is 5.91 Å². The molecule has 7 heteroatoms. The number of halogens is 1. The minimum absolute atomic E-state index is 0.255. The molecule has 0 saturated heterocycles. The van der Waals surface area contributed by atoms with E-state index in [9.17, 15) is 9.18 Å². The molecule has 0 aliphatic rings. The first-order chi connectivity index (χ1) is 13.5. The van der Waals surface area contributed by atoms with Crippen molar-refractivity contribution in [2.75, 3.05) is 13.6 Å². The number of benzene rings is 2. The Morgan fingerprint density at radius 2 is 2.07 bits per heavy atom. The van der Waals surface area contributed by atoms with Crippen LogP contribution in [-0.2, 0) is 6.42 Å². The molecule has 28 heavy (non-hydrogen) atoms. The van der Waals surface area contributed by atoms with E-state index in [1.807, 2.05) is 25.1 Å². The molecule has 2 aromatic heterocycles. The Bertz CT molecular complexity index is 1150. The quantitative estimate of drug-likeness (QED) is 0.570. The van der Waals surface area contributed by atoms with E-state index in [0.717, 1.165) is 16.6 Å². The predicted molar refractivity (Wildman–Crippen MR) is 103 cm³/mol. The summed E-state index contributed by atoms with van der Waals surface area (Å²) in [6.45, 7) is 2.43. The molecule has 0 fully saturated rings. The van der Waals surface area contributed by atoms with Crippen molar-refractivity contribution >= 4 is 16.8 Å². The van der Waals surface area contributed by atoms with Crippen LogP contribution in [0.3, 0.4) is 0 Å². The molecule has 142 valence electrons. The number of aromatic nitrogens is 3. The molecule has 0 saturated carbocycles. The maximum absolute atomic E-state index is 13.3. The van der Waals surface area contributed by atoms with Crippen LogP contribution in [0.4, 0.5) is 4.39 Å². The maximum Gasteiger partial charge on any atom is 0.274 e. The number of aryl methyl sites for hydroxylation is 1. The van der Waals surface area contributed by atoms with Crippen molar-refractivity contribution in [1.29, 1.82) is 0 Å². The van der Waals surface area contributed by atoms with E-state index >= 15 is 0 Å². The van der Waals surface area contributed by atoms with Crippen molar-refractivity contribution in [3.8, 4) is 11.6 Å². The highest BCUT2D eigenvalue weighted by Gasteiger charge is 2.15. The van der Waals surface area contributed by atoms with Gasteiger partial charge < -0.3 is 14.4 Å². The Morgan fingerprint density at radius 1 is 1.21 bits per heavy atom. The molecular formula is C21H19FN4O2. The summed E-state index contributed by atoms with van der Waals surface area (Å²) in [7, 11) is 1.66. The normalized spacial score (nSPS) is 11.1. The number of carbonyl (C=O) groups is 1. The molecule has 0 bridgehead atoms. The van der Waals surface area contributed by atoms with Crippen molar-refractivity contribution in [3.63, 3.8) is 0 Å². The van der Waals surface area contributed by atoms with Gasteiger partial charge in [0.25, 0.3) is 11.8 Å². The van der Waals surface area contributed by atoms with Gasteiger partial charge in [-0.2, -0.15) is 4.98 Å². The van der Waals surface area contributed by atoms with E-state index in [1.165, 1.54) is 28.7 Å². The largest absolute Gasteiger partial charge is 0.351 e. The Labute approximate surface area is 161 Å². The van der Waals surface area contributed by atoms with E-state index in [2.05, 4.69) is 21.2 Å². The monoisotopic (exact) mass is 378 g/mol. The van der Waals surface area contributed by atoms with Crippen LogP contribution in [0.5, 0.6) is 0 Å². The fourth-order valence-corrected chi connectivity index (χ4v) is 3.04. The summed E-state index contributed by atoms with van der Waals surface area (Å²) in [5, 5.41) is 5.07. The van der Waals surface area contributed by atoms with Gasteiger partial charge in [-0.1, -0.05) is 22.9 Å². The van der Waals surface area contributed by atoms with Gasteiger partial charge in [0, 0.05) is 36.5 Å². The number of nitrogens with zero attached hydrogens (tertiary/aromatic N) is 3.